The Kier molecular flexibility index (Phi) is 3.18. The van der Waals surface area contributed by atoms with Crippen LogP contribution in [0.25, 0.3) is 11.2 Å². The highest BCUT2D eigenvalue weighted by atomic mass is 32.2. The molecule has 1 aliphatic rings. The minimum absolute atomic E-state index is 0.0346. The average molecular weight is 277 g/mol. The van der Waals surface area contributed by atoms with Gasteiger partial charge in [-0.25, -0.2) is 9.97 Å². The zero-order chi connectivity index (χ0) is 13.4. The smallest absolute Gasteiger partial charge is 0.313 e. The molecule has 0 radical (unpaired) electrons. The second-order valence-corrected chi connectivity index (χ2v) is 5.71. The molecule has 2 unspecified atom stereocenters. The molecule has 3 rings (SSSR count). The molecule has 0 aliphatic heterocycles. The van der Waals surface area contributed by atoms with Crippen LogP contribution in [0.15, 0.2) is 23.5 Å². The maximum atomic E-state index is 10.7. The normalized spacial score (nSPS) is 21.7. The van der Waals surface area contributed by atoms with Crippen molar-refractivity contribution in [2.24, 2.45) is 5.92 Å². The molecule has 1 aliphatic carbocycles. The summed E-state index contributed by atoms with van der Waals surface area (Å²) in [5, 5.41) is 9.59. The first-order chi connectivity index (χ1) is 9.20. The topological polar surface area (TPSA) is 68.0 Å². The summed E-state index contributed by atoms with van der Waals surface area (Å²) >= 11 is 1.27. The van der Waals surface area contributed by atoms with Crippen LogP contribution in [0, 0.1) is 5.92 Å². The number of carboxylic acids is 1. The molecule has 2 atom stereocenters. The fourth-order valence-corrected chi connectivity index (χ4v) is 3.20. The molecule has 6 heteroatoms. The van der Waals surface area contributed by atoms with Gasteiger partial charge in [-0.05, 0) is 24.5 Å². The third kappa shape index (κ3) is 2.32. The maximum Gasteiger partial charge on any atom is 0.313 e. The Labute approximate surface area is 115 Å². The van der Waals surface area contributed by atoms with E-state index in [1.54, 1.807) is 6.20 Å². The van der Waals surface area contributed by atoms with Crippen molar-refractivity contribution in [3.8, 4) is 0 Å². The van der Waals surface area contributed by atoms with Crippen molar-refractivity contribution in [3.63, 3.8) is 0 Å². The van der Waals surface area contributed by atoms with E-state index in [0.717, 1.165) is 29.2 Å². The summed E-state index contributed by atoms with van der Waals surface area (Å²) in [6.07, 6.45) is 4.04. The summed E-state index contributed by atoms with van der Waals surface area (Å²) in [6.45, 7) is 2.18. The van der Waals surface area contributed by atoms with Crippen LogP contribution < -0.4 is 0 Å². The van der Waals surface area contributed by atoms with Crippen LogP contribution in [0.1, 0.15) is 25.8 Å². The van der Waals surface area contributed by atoms with Crippen molar-refractivity contribution in [3.05, 3.63) is 18.3 Å². The highest BCUT2D eigenvalue weighted by Gasteiger charge is 2.39. The first kappa shape index (κ1) is 12.5. The molecular formula is C13H15N3O2S. The van der Waals surface area contributed by atoms with Gasteiger partial charge in [-0.15, -0.1) is 0 Å². The van der Waals surface area contributed by atoms with Gasteiger partial charge in [0.25, 0.3) is 0 Å². The van der Waals surface area contributed by atoms with Crippen LogP contribution in [0.2, 0.25) is 0 Å². The van der Waals surface area contributed by atoms with Gasteiger partial charge in [-0.1, -0.05) is 25.1 Å². The molecule has 100 valence electrons. The Morgan fingerprint density at radius 3 is 3.16 bits per heavy atom. The monoisotopic (exact) mass is 277 g/mol. The third-order valence-electron chi connectivity index (χ3n) is 3.48. The molecule has 0 saturated heterocycles. The van der Waals surface area contributed by atoms with Crippen molar-refractivity contribution in [1.29, 1.82) is 0 Å². The molecule has 5 nitrogen and oxygen atoms in total. The maximum absolute atomic E-state index is 10.7. The number of imidazole rings is 1. The van der Waals surface area contributed by atoms with Gasteiger partial charge in [-0.3, -0.25) is 4.79 Å². The van der Waals surface area contributed by atoms with Crippen LogP contribution >= 0.6 is 11.8 Å². The first-order valence-electron chi connectivity index (χ1n) is 6.38. The molecule has 2 aromatic rings. The fourth-order valence-electron chi connectivity index (χ4n) is 2.42. The van der Waals surface area contributed by atoms with Gasteiger partial charge in [-0.2, -0.15) is 0 Å². The van der Waals surface area contributed by atoms with Gasteiger partial charge in [0.2, 0.25) is 0 Å². The minimum Gasteiger partial charge on any atom is -0.481 e. The lowest BCUT2D eigenvalue weighted by Crippen LogP contribution is -2.03. The van der Waals surface area contributed by atoms with Crippen LogP contribution in [-0.2, 0) is 4.79 Å². The Morgan fingerprint density at radius 2 is 2.47 bits per heavy atom. The third-order valence-corrected chi connectivity index (χ3v) is 4.42. The molecule has 0 aromatic carbocycles. The summed E-state index contributed by atoms with van der Waals surface area (Å²) in [4.78, 5) is 19.6. The van der Waals surface area contributed by atoms with E-state index < -0.39 is 5.97 Å². The number of thioether (sulfide) groups is 1. The van der Waals surface area contributed by atoms with E-state index in [0.29, 0.717) is 12.0 Å². The van der Waals surface area contributed by atoms with Crippen LogP contribution in [0.5, 0.6) is 0 Å². The number of fused-ring (bicyclic) bond motifs is 1. The van der Waals surface area contributed by atoms with Crippen LogP contribution in [-0.4, -0.2) is 31.4 Å². The number of nitrogens with zero attached hydrogens (tertiary/aromatic N) is 3. The van der Waals surface area contributed by atoms with Gasteiger partial charge < -0.3 is 9.67 Å². The van der Waals surface area contributed by atoms with Gasteiger partial charge in [0.15, 0.2) is 10.8 Å². The van der Waals surface area contributed by atoms with Gasteiger partial charge in [0.05, 0.1) is 5.75 Å². The van der Waals surface area contributed by atoms with E-state index in [1.807, 2.05) is 12.1 Å². The van der Waals surface area contributed by atoms with E-state index in [-0.39, 0.29) is 5.75 Å². The standard InChI is InChI=1S/C13H15N3O2S/c1-2-8-6-10(8)16-12-9(4-3-5-14-12)15-13(16)19-7-11(17)18/h3-5,8,10H,2,6-7H2,1H3,(H,17,18). The van der Waals surface area contributed by atoms with Crippen molar-refractivity contribution < 1.29 is 9.90 Å². The molecule has 0 amide bonds. The lowest BCUT2D eigenvalue weighted by Gasteiger charge is -2.06. The SMILES string of the molecule is CCC1CC1n1c(SCC(=O)O)nc2cccnc21. The van der Waals surface area contributed by atoms with Gasteiger partial charge >= 0.3 is 5.97 Å². The molecule has 1 saturated carbocycles. The van der Waals surface area contributed by atoms with Crippen LogP contribution in [0.3, 0.4) is 0 Å². The number of aromatic nitrogens is 3. The van der Waals surface area contributed by atoms with Crippen molar-refractivity contribution >= 4 is 28.9 Å². The number of aliphatic carboxylic acids is 1. The number of hydrogen-bond donors (Lipinski definition) is 1. The molecule has 1 fully saturated rings. The highest BCUT2D eigenvalue weighted by Crippen LogP contribution is 2.48. The first-order valence-corrected chi connectivity index (χ1v) is 7.36. The quantitative estimate of drug-likeness (QED) is 0.851. The molecule has 2 aromatic heterocycles. The van der Waals surface area contributed by atoms with E-state index in [9.17, 15) is 4.79 Å². The molecule has 1 N–H and O–H groups in total. The number of carboxylic acid groups (broad SMARTS) is 1. The summed E-state index contributed by atoms with van der Waals surface area (Å²) in [5.41, 5.74) is 1.72. The van der Waals surface area contributed by atoms with E-state index in [4.69, 9.17) is 5.11 Å². The van der Waals surface area contributed by atoms with Gasteiger partial charge in [0, 0.05) is 12.2 Å². The van der Waals surface area contributed by atoms with Crippen molar-refractivity contribution in [2.45, 2.75) is 31.0 Å². The van der Waals surface area contributed by atoms with Crippen LogP contribution in [0.4, 0.5) is 0 Å². The Morgan fingerprint density at radius 1 is 1.63 bits per heavy atom. The van der Waals surface area contributed by atoms with Crippen molar-refractivity contribution in [2.75, 3.05) is 5.75 Å². The second kappa shape index (κ2) is 4.85. The minimum atomic E-state index is -0.820. The number of rotatable bonds is 5. The summed E-state index contributed by atoms with van der Waals surface area (Å²) in [7, 11) is 0. The van der Waals surface area contributed by atoms with Crippen molar-refractivity contribution in [1.82, 2.24) is 14.5 Å². The fraction of sp³-hybridized carbons (Fsp3) is 0.462. The zero-order valence-corrected chi connectivity index (χ0v) is 11.4. The predicted molar refractivity (Wildman–Crippen MR) is 73.3 cm³/mol. The highest BCUT2D eigenvalue weighted by molar-refractivity contribution is 7.99. The molecular weight excluding hydrogens is 262 g/mol. The molecule has 19 heavy (non-hydrogen) atoms. The van der Waals surface area contributed by atoms with E-state index >= 15 is 0 Å². The average Bonchev–Trinajstić information content (AvgIpc) is 3.08. The largest absolute Gasteiger partial charge is 0.481 e. The Balaban J connectivity index is 1.99. The summed E-state index contributed by atoms with van der Waals surface area (Å²) in [6, 6.07) is 4.21. The zero-order valence-electron chi connectivity index (χ0n) is 10.6. The second-order valence-electron chi connectivity index (χ2n) is 4.76. The number of hydrogen-bond acceptors (Lipinski definition) is 4. The Bertz CT molecular complexity index is 625. The predicted octanol–water partition coefficient (Wildman–Crippen LogP) is 2.58. The molecule has 0 spiro atoms. The van der Waals surface area contributed by atoms with E-state index in [1.165, 1.54) is 11.8 Å². The van der Waals surface area contributed by atoms with Gasteiger partial charge in [0.1, 0.15) is 5.52 Å². The summed E-state index contributed by atoms with van der Waals surface area (Å²) in [5.74, 6) is -0.115. The lowest BCUT2D eigenvalue weighted by molar-refractivity contribution is -0.133. The summed E-state index contributed by atoms with van der Waals surface area (Å²) < 4.78 is 2.12. The lowest BCUT2D eigenvalue weighted by atomic mass is 10.3. The number of carbonyl (C=O) groups is 1. The van der Waals surface area contributed by atoms with E-state index in [2.05, 4.69) is 21.5 Å². The molecule has 0 bridgehead atoms. The number of pyridine rings is 1. The Hall–Kier alpha value is -1.56. The molecule has 2 heterocycles.